The molecule has 0 aliphatic carbocycles. The van der Waals surface area contributed by atoms with Crippen LogP contribution >= 0.6 is 11.6 Å². The van der Waals surface area contributed by atoms with Crippen LogP contribution in [0, 0.1) is 5.92 Å². The Balaban J connectivity index is 3.25. The van der Waals surface area contributed by atoms with E-state index in [2.05, 4.69) is 0 Å². The van der Waals surface area contributed by atoms with Gasteiger partial charge in [0.25, 0.3) is 0 Å². The van der Waals surface area contributed by atoms with Crippen molar-refractivity contribution in [2.75, 3.05) is 32.3 Å². The van der Waals surface area contributed by atoms with Crippen LogP contribution in [0.25, 0.3) is 0 Å². The molecule has 0 N–H and O–H groups in total. The lowest BCUT2D eigenvalue weighted by atomic mass is 10.2. The fourth-order valence-corrected chi connectivity index (χ4v) is 0.884. The molecule has 2 nitrogen and oxygen atoms in total. The van der Waals surface area contributed by atoms with Gasteiger partial charge < -0.3 is 9.47 Å². The summed E-state index contributed by atoms with van der Waals surface area (Å²) in [6, 6.07) is 0. The summed E-state index contributed by atoms with van der Waals surface area (Å²) < 4.78 is 10.4. The minimum Gasteiger partial charge on any atom is -0.381 e. The fraction of sp³-hybridized carbons (Fsp3) is 1.00. The molecule has 0 aliphatic rings. The van der Waals surface area contributed by atoms with Crippen LogP contribution in [0.1, 0.15) is 13.8 Å². The van der Waals surface area contributed by atoms with Gasteiger partial charge in [0, 0.05) is 25.0 Å². The van der Waals surface area contributed by atoms with E-state index in [9.17, 15) is 0 Å². The minimum absolute atomic E-state index is 0.344. The average Bonchev–Trinajstić information content (AvgIpc) is 2.05. The van der Waals surface area contributed by atoms with E-state index < -0.39 is 0 Å². The van der Waals surface area contributed by atoms with Gasteiger partial charge in [-0.1, -0.05) is 0 Å². The third kappa shape index (κ3) is 6.60. The molecule has 0 aromatic rings. The van der Waals surface area contributed by atoms with Crippen molar-refractivity contribution in [3.63, 3.8) is 0 Å². The van der Waals surface area contributed by atoms with E-state index in [0.29, 0.717) is 25.0 Å². The second kappa shape index (κ2) is 8.31. The molecule has 68 valence electrons. The van der Waals surface area contributed by atoms with Crippen LogP contribution in [0.2, 0.25) is 0 Å². The van der Waals surface area contributed by atoms with Crippen LogP contribution in [0.15, 0.2) is 0 Å². The molecule has 3 heteroatoms. The van der Waals surface area contributed by atoms with Crippen molar-refractivity contribution in [1.82, 2.24) is 0 Å². The van der Waals surface area contributed by atoms with Gasteiger partial charge in [0.05, 0.1) is 13.2 Å². The van der Waals surface area contributed by atoms with E-state index in [4.69, 9.17) is 21.1 Å². The van der Waals surface area contributed by atoms with E-state index in [1.807, 2.05) is 13.8 Å². The summed E-state index contributed by atoms with van der Waals surface area (Å²) in [5.41, 5.74) is 0. The molecule has 0 fully saturated rings. The van der Waals surface area contributed by atoms with Crippen LogP contribution in [-0.2, 0) is 9.47 Å². The van der Waals surface area contributed by atoms with Crippen LogP contribution in [0.4, 0.5) is 0 Å². The number of hydrogen-bond acceptors (Lipinski definition) is 2. The number of rotatable bonds is 7. The van der Waals surface area contributed by atoms with Crippen LogP contribution < -0.4 is 0 Å². The minimum atomic E-state index is 0.344. The lowest BCUT2D eigenvalue weighted by Gasteiger charge is -2.12. The van der Waals surface area contributed by atoms with E-state index >= 15 is 0 Å². The highest BCUT2D eigenvalue weighted by Crippen LogP contribution is 2.01. The quantitative estimate of drug-likeness (QED) is 0.558. The second-order valence-electron chi connectivity index (χ2n) is 2.34. The van der Waals surface area contributed by atoms with Crippen LogP contribution in [-0.4, -0.2) is 32.3 Å². The smallest absolute Gasteiger partial charge is 0.0527 e. The third-order valence-corrected chi connectivity index (χ3v) is 1.77. The number of halogens is 1. The summed E-state index contributed by atoms with van der Waals surface area (Å²) in [4.78, 5) is 0. The van der Waals surface area contributed by atoms with E-state index in [1.54, 1.807) is 0 Å². The normalized spacial score (nSPS) is 10.9. The molecule has 11 heavy (non-hydrogen) atoms. The molecule has 0 aliphatic heterocycles. The molecule has 0 unspecified atom stereocenters. The molecule has 0 saturated heterocycles. The first-order valence-electron chi connectivity index (χ1n) is 4.06. The number of hydrogen-bond donors (Lipinski definition) is 0. The van der Waals surface area contributed by atoms with Crippen molar-refractivity contribution in [2.24, 2.45) is 5.92 Å². The van der Waals surface area contributed by atoms with Gasteiger partial charge in [-0.3, -0.25) is 0 Å². The van der Waals surface area contributed by atoms with Crippen molar-refractivity contribution in [1.29, 1.82) is 0 Å². The van der Waals surface area contributed by atoms with Gasteiger partial charge in [-0.15, -0.1) is 11.6 Å². The molecule has 0 amide bonds. The van der Waals surface area contributed by atoms with Crippen LogP contribution in [0.3, 0.4) is 0 Å². The summed E-state index contributed by atoms with van der Waals surface area (Å²) in [6.07, 6.45) is 0. The van der Waals surface area contributed by atoms with E-state index in [1.165, 1.54) is 0 Å². The Hall–Kier alpha value is 0.210. The lowest BCUT2D eigenvalue weighted by molar-refractivity contribution is 0.0565. The number of alkyl halides is 1. The largest absolute Gasteiger partial charge is 0.381 e. The summed E-state index contributed by atoms with van der Waals surface area (Å²) in [7, 11) is 0. The van der Waals surface area contributed by atoms with Gasteiger partial charge in [0.2, 0.25) is 0 Å². The maximum Gasteiger partial charge on any atom is 0.0527 e. The van der Waals surface area contributed by atoms with Crippen molar-refractivity contribution in [2.45, 2.75) is 13.8 Å². The Labute approximate surface area is 73.8 Å². The Morgan fingerprint density at radius 1 is 1.09 bits per heavy atom. The lowest BCUT2D eigenvalue weighted by Crippen LogP contribution is -2.17. The van der Waals surface area contributed by atoms with E-state index in [0.717, 1.165) is 13.2 Å². The predicted octanol–water partition coefficient (Wildman–Crippen LogP) is 1.91. The Kier molecular flexibility index (Phi) is 8.47. The summed E-state index contributed by atoms with van der Waals surface area (Å²) in [6.45, 7) is 6.87. The molecule has 0 heterocycles. The fourth-order valence-electron chi connectivity index (χ4n) is 0.706. The first-order chi connectivity index (χ1) is 5.35. The van der Waals surface area contributed by atoms with Gasteiger partial charge in [-0.05, 0) is 13.8 Å². The van der Waals surface area contributed by atoms with Crippen molar-refractivity contribution in [3.8, 4) is 0 Å². The zero-order valence-electron chi connectivity index (χ0n) is 7.31. The zero-order valence-corrected chi connectivity index (χ0v) is 8.06. The van der Waals surface area contributed by atoms with Crippen molar-refractivity contribution >= 4 is 11.6 Å². The summed E-state index contributed by atoms with van der Waals surface area (Å²) in [5, 5.41) is 0. The summed E-state index contributed by atoms with van der Waals surface area (Å²) in [5.74, 6) is 0.955. The molecule has 0 aromatic heterocycles. The van der Waals surface area contributed by atoms with Crippen molar-refractivity contribution < 1.29 is 9.47 Å². The second-order valence-corrected chi connectivity index (χ2v) is 2.65. The van der Waals surface area contributed by atoms with E-state index in [-0.39, 0.29) is 0 Å². The molecular weight excluding hydrogens is 164 g/mol. The maximum atomic E-state index is 5.68. The molecule has 0 rings (SSSR count). The van der Waals surface area contributed by atoms with Gasteiger partial charge in [-0.2, -0.15) is 0 Å². The highest BCUT2D eigenvalue weighted by atomic mass is 35.5. The highest BCUT2D eigenvalue weighted by molar-refractivity contribution is 6.18. The molecule has 0 radical (unpaired) electrons. The standard InChI is InChI=1S/C8H17ClO2/c1-3-10-6-8(5-9)7-11-4-2/h8H,3-7H2,1-2H3. The first kappa shape index (κ1) is 11.2. The average molecular weight is 181 g/mol. The highest BCUT2D eigenvalue weighted by Gasteiger charge is 2.06. The Bertz CT molecular complexity index is 70.5. The molecule has 0 atom stereocenters. The van der Waals surface area contributed by atoms with Gasteiger partial charge >= 0.3 is 0 Å². The molecule has 0 aromatic carbocycles. The van der Waals surface area contributed by atoms with Gasteiger partial charge in [0.15, 0.2) is 0 Å². The van der Waals surface area contributed by atoms with Crippen molar-refractivity contribution in [3.05, 3.63) is 0 Å². The number of ether oxygens (including phenoxy) is 2. The molecule has 0 bridgehead atoms. The summed E-state index contributed by atoms with van der Waals surface area (Å²) >= 11 is 5.68. The molecule has 0 spiro atoms. The Morgan fingerprint density at radius 3 is 1.82 bits per heavy atom. The topological polar surface area (TPSA) is 18.5 Å². The molecular formula is C8H17ClO2. The Morgan fingerprint density at radius 2 is 1.55 bits per heavy atom. The van der Waals surface area contributed by atoms with Gasteiger partial charge in [-0.25, -0.2) is 0 Å². The SMILES string of the molecule is CCOCC(CCl)COCC. The first-order valence-corrected chi connectivity index (χ1v) is 4.60. The van der Waals surface area contributed by atoms with Gasteiger partial charge in [0.1, 0.15) is 0 Å². The predicted molar refractivity (Wildman–Crippen MR) is 47.2 cm³/mol. The third-order valence-electron chi connectivity index (χ3n) is 1.33. The zero-order chi connectivity index (χ0) is 8.53. The maximum absolute atomic E-state index is 5.68. The van der Waals surface area contributed by atoms with Crippen LogP contribution in [0.5, 0.6) is 0 Å². The monoisotopic (exact) mass is 180 g/mol. The molecule has 0 saturated carbocycles.